The van der Waals surface area contributed by atoms with Crippen LogP contribution in [0.5, 0.6) is 0 Å². The van der Waals surface area contributed by atoms with E-state index in [0.29, 0.717) is 18.1 Å². The number of imidazole rings is 1. The molecule has 1 aliphatic rings. The van der Waals surface area contributed by atoms with E-state index in [9.17, 15) is 26.8 Å². The number of aromatic nitrogens is 2. The van der Waals surface area contributed by atoms with Gasteiger partial charge in [-0.3, -0.25) is 13.9 Å². The van der Waals surface area contributed by atoms with Crippen LogP contribution in [0.25, 0.3) is 11.0 Å². The summed E-state index contributed by atoms with van der Waals surface area (Å²) in [6.45, 7) is 2.38. The van der Waals surface area contributed by atoms with Gasteiger partial charge in [-0.05, 0) is 36.8 Å². The van der Waals surface area contributed by atoms with E-state index in [1.807, 2.05) is 19.1 Å². The smallest absolute Gasteiger partial charge is 0.329 e. The molecule has 1 aromatic heterocycles. The highest BCUT2D eigenvalue weighted by Gasteiger charge is 2.32. The van der Waals surface area contributed by atoms with E-state index in [1.54, 1.807) is 16.7 Å². The SMILES string of the molecule is CCCn1c(=O)n(CC(=O)N2CCN(S(=O)(=O)c3cc(F)ccc3F)CC2)c2ccccc21. The van der Waals surface area contributed by atoms with Crippen molar-refractivity contribution < 1.29 is 22.0 Å². The van der Waals surface area contributed by atoms with Crippen molar-refractivity contribution >= 4 is 27.0 Å². The summed E-state index contributed by atoms with van der Waals surface area (Å²) < 4.78 is 57.1. The van der Waals surface area contributed by atoms with Crippen LogP contribution in [0.3, 0.4) is 0 Å². The number of aryl methyl sites for hydroxylation is 1. The number of carbonyl (C=O) groups is 1. The molecule has 4 rings (SSSR count). The van der Waals surface area contributed by atoms with Crippen molar-refractivity contribution in [2.45, 2.75) is 31.3 Å². The van der Waals surface area contributed by atoms with Crippen molar-refractivity contribution in [3.8, 4) is 0 Å². The van der Waals surface area contributed by atoms with Crippen molar-refractivity contribution in [3.05, 3.63) is 64.6 Å². The monoisotopic (exact) mass is 478 g/mol. The van der Waals surface area contributed by atoms with Gasteiger partial charge in [-0.2, -0.15) is 4.31 Å². The maximum Gasteiger partial charge on any atom is 0.329 e. The van der Waals surface area contributed by atoms with Gasteiger partial charge in [0.25, 0.3) is 0 Å². The molecule has 1 saturated heterocycles. The highest BCUT2D eigenvalue weighted by molar-refractivity contribution is 7.89. The zero-order valence-electron chi connectivity index (χ0n) is 18.1. The first-order chi connectivity index (χ1) is 15.7. The summed E-state index contributed by atoms with van der Waals surface area (Å²) in [5, 5.41) is 0. The Morgan fingerprint density at radius 1 is 0.970 bits per heavy atom. The molecule has 3 aromatic rings. The molecule has 0 bridgehead atoms. The fourth-order valence-electron chi connectivity index (χ4n) is 4.09. The van der Waals surface area contributed by atoms with Gasteiger partial charge in [0, 0.05) is 32.7 Å². The minimum atomic E-state index is -4.24. The second-order valence-corrected chi connectivity index (χ2v) is 9.78. The summed E-state index contributed by atoms with van der Waals surface area (Å²) >= 11 is 0. The lowest BCUT2D eigenvalue weighted by Crippen LogP contribution is -2.51. The molecular formula is C22H24F2N4O4S. The Bertz CT molecular complexity index is 1360. The number of fused-ring (bicyclic) bond motifs is 1. The van der Waals surface area contributed by atoms with Crippen LogP contribution < -0.4 is 5.69 Å². The van der Waals surface area contributed by atoms with Crippen molar-refractivity contribution in [1.29, 1.82) is 0 Å². The average molecular weight is 479 g/mol. The molecule has 0 unspecified atom stereocenters. The molecule has 0 saturated carbocycles. The summed E-state index contributed by atoms with van der Waals surface area (Å²) in [6, 6.07) is 9.53. The molecule has 33 heavy (non-hydrogen) atoms. The number of rotatable bonds is 6. The molecule has 0 spiro atoms. The number of sulfonamides is 1. The number of carbonyl (C=O) groups excluding carboxylic acids is 1. The van der Waals surface area contributed by atoms with E-state index in [-0.39, 0.29) is 44.3 Å². The van der Waals surface area contributed by atoms with Gasteiger partial charge in [0.2, 0.25) is 15.9 Å². The molecule has 0 radical (unpaired) electrons. The van der Waals surface area contributed by atoms with Crippen LogP contribution in [0.15, 0.2) is 52.2 Å². The van der Waals surface area contributed by atoms with Gasteiger partial charge < -0.3 is 4.90 Å². The van der Waals surface area contributed by atoms with E-state index >= 15 is 0 Å². The molecular weight excluding hydrogens is 454 g/mol. The normalized spacial score (nSPS) is 15.3. The maximum atomic E-state index is 14.0. The van der Waals surface area contributed by atoms with Gasteiger partial charge in [-0.15, -0.1) is 0 Å². The number of para-hydroxylation sites is 2. The first-order valence-electron chi connectivity index (χ1n) is 10.6. The van der Waals surface area contributed by atoms with Crippen LogP contribution in [0.1, 0.15) is 13.3 Å². The molecule has 8 nitrogen and oxygen atoms in total. The lowest BCUT2D eigenvalue weighted by molar-refractivity contribution is -0.133. The van der Waals surface area contributed by atoms with Crippen LogP contribution in [0.2, 0.25) is 0 Å². The number of hydrogen-bond donors (Lipinski definition) is 0. The highest BCUT2D eigenvalue weighted by Crippen LogP contribution is 2.22. The molecule has 0 N–H and O–H groups in total. The molecule has 1 amide bonds. The third-order valence-corrected chi connectivity index (χ3v) is 7.68. The fraction of sp³-hybridized carbons (Fsp3) is 0.364. The Morgan fingerprint density at radius 2 is 1.61 bits per heavy atom. The van der Waals surface area contributed by atoms with Crippen molar-refractivity contribution in [3.63, 3.8) is 0 Å². The third kappa shape index (κ3) is 4.30. The first-order valence-corrected chi connectivity index (χ1v) is 12.1. The van der Waals surface area contributed by atoms with Crippen molar-refractivity contribution in [2.75, 3.05) is 26.2 Å². The zero-order chi connectivity index (χ0) is 23.8. The van der Waals surface area contributed by atoms with Crippen molar-refractivity contribution in [1.82, 2.24) is 18.3 Å². The van der Waals surface area contributed by atoms with Crippen LogP contribution in [-0.4, -0.2) is 58.8 Å². The largest absolute Gasteiger partial charge is 0.338 e. The lowest BCUT2D eigenvalue weighted by atomic mass is 10.3. The van der Waals surface area contributed by atoms with Crippen LogP contribution in [-0.2, 0) is 27.9 Å². The van der Waals surface area contributed by atoms with Crippen LogP contribution in [0, 0.1) is 11.6 Å². The Kier molecular flexibility index (Phi) is 6.35. The van der Waals surface area contributed by atoms with Crippen LogP contribution in [0.4, 0.5) is 8.78 Å². The third-order valence-electron chi connectivity index (χ3n) is 5.77. The van der Waals surface area contributed by atoms with E-state index < -0.39 is 26.6 Å². The number of amides is 1. The number of nitrogens with zero attached hydrogens (tertiary/aromatic N) is 4. The maximum absolute atomic E-state index is 14.0. The van der Waals surface area contributed by atoms with E-state index in [2.05, 4.69) is 0 Å². The Labute approximate surface area is 189 Å². The molecule has 11 heteroatoms. The van der Waals surface area contributed by atoms with Gasteiger partial charge in [0.15, 0.2) is 0 Å². The first kappa shape index (κ1) is 23.1. The highest BCUT2D eigenvalue weighted by atomic mass is 32.2. The predicted molar refractivity (Wildman–Crippen MR) is 118 cm³/mol. The zero-order valence-corrected chi connectivity index (χ0v) is 18.9. The minimum Gasteiger partial charge on any atom is -0.338 e. The fourth-order valence-corrected chi connectivity index (χ4v) is 5.59. The summed E-state index contributed by atoms with van der Waals surface area (Å²) in [5.41, 5.74) is 1.14. The summed E-state index contributed by atoms with van der Waals surface area (Å²) in [7, 11) is -4.24. The standard InChI is InChI=1S/C22H24F2N4O4S/c1-2-9-27-18-5-3-4-6-19(18)28(22(27)30)15-21(29)25-10-12-26(13-11-25)33(31,32)20-14-16(23)7-8-17(20)24/h3-8,14H,2,9-13,15H2,1H3. The number of hydrogen-bond acceptors (Lipinski definition) is 4. The lowest BCUT2D eigenvalue weighted by Gasteiger charge is -2.34. The molecule has 2 aromatic carbocycles. The quantitative estimate of drug-likeness (QED) is 0.543. The molecule has 1 fully saturated rings. The van der Waals surface area contributed by atoms with Crippen LogP contribution >= 0.6 is 0 Å². The minimum absolute atomic E-state index is 0.0590. The van der Waals surface area contributed by atoms with E-state index in [1.165, 1.54) is 9.47 Å². The van der Waals surface area contributed by atoms with Gasteiger partial charge in [-0.1, -0.05) is 19.1 Å². The second kappa shape index (κ2) is 9.06. The number of piperazine rings is 1. The number of halogens is 2. The van der Waals surface area contributed by atoms with Gasteiger partial charge >= 0.3 is 5.69 Å². The topological polar surface area (TPSA) is 84.6 Å². The Morgan fingerprint density at radius 3 is 2.24 bits per heavy atom. The molecule has 0 aliphatic carbocycles. The van der Waals surface area contributed by atoms with Gasteiger partial charge in [-0.25, -0.2) is 22.0 Å². The van der Waals surface area contributed by atoms with Gasteiger partial charge in [0.05, 0.1) is 11.0 Å². The van der Waals surface area contributed by atoms with E-state index in [0.717, 1.165) is 28.4 Å². The molecule has 2 heterocycles. The van der Waals surface area contributed by atoms with Crippen molar-refractivity contribution in [2.24, 2.45) is 0 Å². The summed E-state index contributed by atoms with van der Waals surface area (Å²) in [5.74, 6) is -2.19. The number of benzene rings is 2. The molecule has 1 aliphatic heterocycles. The molecule has 176 valence electrons. The average Bonchev–Trinajstić information content (AvgIpc) is 3.07. The van der Waals surface area contributed by atoms with Gasteiger partial charge in [0.1, 0.15) is 23.1 Å². The summed E-state index contributed by atoms with van der Waals surface area (Å²) in [4.78, 5) is 26.6. The summed E-state index contributed by atoms with van der Waals surface area (Å²) in [6.07, 6.45) is 0.768. The predicted octanol–water partition coefficient (Wildman–Crippen LogP) is 2.02. The Hall–Kier alpha value is -3.05. The second-order valence-electron chi connectivity index (χ2n) is 7.87. The Balaban J connectivity index is 1.49. The molecule has 0 atom stereocenters. The van der Waals surface area contributed by atoms with E-state index in [4.69, 9.17) is 0 Å².